The van der Waals surface area contributed by atoms with Gasteiger partial charge < -0.3 is 34.3 Å². The fourth-order valence-corrected chi connectivity index (χ4v) is 12.4. The van der Waals surface area contributed by atoms with Crippen molar-refractivity contribution in [2.75, 3.05) is 12.4 Å². The number of aliphatic hydroxyl groups is 3. The van der Waals surface area contributed by atoms with Crippen LogP contribution >= 0.6 is 11.8 Å². The van der Waals surface area contributed by atoms with E-state index in [0.717, 1.165) is 49.9 Å². The Labute approximate surface area is 245 Å². The van der Waals surface area contributed by atoms with E-state index in [0.29, 0.717) is 18.8 Å². The van der Waals surface area contributed by atoms with Crippen LogP contribution in [0.15, 0.2) is 16.6 Å². The van der Waals surface area contributed by atoms with Crippen LogP contribution in [0.2, 0.25) is 0 Å². The van der Waals surface area contributed by atoms with Gasteiger partial charge in [0.1, 0.15) is 6.61 Å². The van der Waals surface area contributed by atoms with Gasteiger partial charge in [-0.05, 0) is 86.5 Å². The van der Waals surface area contributed by atoms with Crippen LogP contribution in [0.25, 0.3) is 0 Å². The van der Waals surface area contributed by atoms with Crippen LogP contribution in [0, 0.1) is 34.5 Å². The number of nitrogens with zero attached hydrogens (tertiary/aromatic N) is 1. The van der Waals surface area contributed by atoms with Gasteiger partial charge in [0.05, 0.1) is 30.0 Å². The molecule has 10 heteroatoms. The molecular formula is C31H43NO8S. The van der Waals surface area contributed by atoms with Crippen molar-refractivity contribution in [2.24, 2.45) is 39.5 Å². The van der Waals surface area contributed by atoms with Crippen LogP contribution in [0.4, 0.5) is 0 Å². The first kappa shape index (κ1) is 27.5. The van der Waals surface area contributed by atoms with Crippen LogP contribution in [0.3, 0.4) is 0 Å². The Kier molecular flexibility index (Phi) is 5.91. The van der Waals surface area contributed by atoms with E-state index < -0.39 is 34.1 Å². The molecule has 6 fully saturated rings. The summed E-state index contributed by atoms with van der Waals surface area (Å²) in [6.45, 7) is 6.73. The lowest BCUT2D eigenvalue weighted by molar-refractivity contribution is -0.446. The maximum absolute atomic E-state index is 12.6. The zero-order chi connectivity index (χ0) is 28.6. The number of rotatable bonds is 1. The first-order valence-corrected chi connectivity index (χ1v) is 16.6. The van der Waals surface area contributed by atoms with Gasteiger partial charge in [-0.15, -0.1) is 11.8 Å². The van der Waals surface area contributed by atoms with Gasteiger partial charge in [0.15, 0.2) is 4.87 Å². The Morgan fingerprint density at radius 1 is 1.05 bits per heavy atom. The fourth-order valence-electron chi connectivity index (χ4n) is 11.1. The van der Waals surface area contributed by atoms with E-state index in [4.69, 9.17) is 23.9 Å². The largest absolute Gasteiger partial charge is 0.458 e. The monoisotopic (exact) mass is 589 g/mol. The summed E-state index contributed by atoms with van der Waals surface area (Å²) < 4.78 is 24.7. The summed E-state index contributed by atoms with van der Waals surface area (Å²) in [5.41, 5.74) is -0.995. The molecule has 1 spiro atoms. The summed E-state index contributed by atoms with van der Waals surface area (Å²) in [4.78, 5) is 15.8. The molecule has 0 bridgehead atoms. The van der Waals surface area contributed by atoms with Crippen molar-refractivity contribution in [2.45, 2.75) is 119 Å². The molecule has 0 aromatic heterocycles. The molecule has 226 valence electrons. The minimum absolute atomic E-state index is 0.0572. The number of hydrogen-bond acceptors (Lipinski definition) is 10. The summed E-state index contributed by atoms with van der Waals surface area (Å²) in [5, 5.41) is 36.2. The highest BCUT2D eigenvalue weighted by Crippen LogP contribution is 2.70. The third-order valence-corrected chi connectivity index (χ3v) is 14.5. The SMILES string of the molecule is C[C@@H]1C[C@@]2(N=CCS2)[C@]2(O)O[C@@H]3C[C@@]4(C)[C@@H](CC[C@@H]5[C@@H]4CC[C@]4(C)[C@@H](C6=CC(=O)OC6)CC(O)[C@]54O)C[C@H]3O[C@@H]2O1. The number of aliphatic hydroxyl groups excluding tert-OH is 1. The Bertz CT molecular complexity index is 1210. The summed E-state index contributed by atoms with van der Waals surface area (Å²) in [6.07, 6.45) is 7.20. The number of aliphatic imine (C=N–C) groups is 1. The number of esters is 1. The van der Waals surface area contributed by atoms with E-state index >= 15 is 0 Å². The number of carbonyl (C=O) groups excluding carboxylic acids is 1. The first-order chi connectivity index (χ1) is 19.4. The van der Waals surface area contributed by atoms with Crippen molar-refractivity contribution in [1.29, 1.82) is 0 Å². The molecule has 1 unspecified atom stereocenters. The van der Waals surface area contributed by atoms with Gasteiger partial charge in [0.25, 0.3) is 5.79 Å². The molecule has 3 N–H and O–H groups in total. The summed E-state index contributed by atoms with van der Waals surface area (Å²) in [6, 6.07) is 0. The average Bonchev–Trinajstić information content (AvgIpc) is 3.61. The predicted octanol–water partition coefficient (Wildman–Crippen LogP) is 2.95. The van der Waals surface area contributed by atoms with E-state index in [1.165, 1.54) is 0 Å². The van der Waals surface area contributed by atoms with Crippen LogP contribution < -0.4 is 0 Å². The third kappa shape index (κ3) is 3.41. The Morgan fingerprint density at radius 3 is 2.61 bits per heavy atom. The van der Waals surface area contributed by atoms with Gasteiger partial charge in [-0.2, -0.15) is 0 Å². The van der Waals surface area contributed by atoms with Crippen molar-refractivity contribution >= 4 is 23.9 Å². The smallest absolute Gasteiger partial charge is 0.331 e. The second-order valence-electron chi connectivity index (χ2n) is 14.8. The molecule has 14 atom stereocenters. The number of fused-ring (bicyclic) bond motifs is 8. The summed E-state index contributed by atoms with van der Waals surface area (Å²) in [7, 11) is 0. The maximum atomic E-state index is 12.6. The van der Waals surface area contributed by atoms with E-state index in [1.807, 2.05) is 13.1 Å². The lowest BCUT2D eigenvalue weighted by Crippen LogP contribution is -2.73. The van der Waals surface area contributed by atoms with Crippen LogP contribution in [0.5, 0.6) is 0 Å². The van der Waals surface area contributed by atoms with E-state index in [2.05, 4.69) is 13.8 Å². The quantitative estimate of drug-likeness (QED) is 0.313. The lowest BCUT2D eigenvalue weighted by atomic mass is 9.42. The van der Waals surface area contributed by atoms with Crippen molar-refractivity contribution in [1.82, 2.24) is 0 Å². The standard InChI is InChI=1S/C31H43NO8S/c1-16-13-29(32-8-9-41-29)31(36)26(38-16)39-22-11-18-4-5-20-19(27(18,2)14-23(22)40-31)6-7-28(3)21(12-24(33)30(20,28)35)17-10-25(34)37-15-17/h8,10,16,18-24,26,33,35-36H,4-7,9,11-15H2,1-3H3/t16-,18+,19+,20-,21-,22-,23-,24?,26+,27+,28-,29+,30-,31-/m1/s1. The highest BCUT2D eigenvalue weighted by Gasteiger charge is 2.73. The second-order valence-corrected chi connectivity index (χ2v) is 16.1. The maximum Gasteiger partial charge on any atom is 0.331 e. The average molecular weight is 590 g/mol. The van der Waals surface area contributed by atoms with E-state index in [9.17, 15) is 20.1 Å². The zero-order valence-electron chi connectivity index (χ0n) is 24.2. The Morgan fingerprint density at radius 2 is 1.88 bits per heavy atom. The Balaban J connectivity index is 1.10. The van der Waals surface area contributed by atoms with Crippen LogP contribution in [-0.2, 0) is 23.7 Å². The number of carbonyl (C=O) groups is 1. The molecule has 0 aromatic carbocycles. The number of cyclic esters (lactones) is 1. The molecule has 0 aromatic rings. The highest BCUT2D eigenvalue weighted by molar-refractivity contribution is 8.01. The van der Waals surface area contributed by atoms with Crippen molar-refractivity contribution in [3.05, 3.63) is 11.6 Å². The zero-order valence-corrected chi connectivity index (χ0v) is 25.0. The molecule has 0 radical (unpaired) electrons. The molecule has 2 saturated heterocycles. The molecule has 4 saturated carbocycles. The third-order valence-electron chi connectivity index (χ3n) is 13.1. The van der Waals surface area contributed by atoms with E-state index in [1.54, 1.807) is 17.8 Å². The molecule has 4 aliphatic heterocycles. The highest BCUT2D eigenvalue weighted by atomic mass is 32.2. The predicted molar refractivity (Wildman–Crippen MR) is 150 cm³/mol. The molecule has 8 rings (SSSR count). The molecule has 41 heavy (non-hydrogen) atoms. The number of hydrogen-bond donors (Lipinski definition) is 3. The normalized spacial score (nSPS) is 59.1. The minimum Gasteiger partial charge on any atom is -0.458 e. The van der Waals surface area contributed by atoms with Gasteiger partial charge in [-0.3, -0.25) is 4.99 Å². The number of ether oxygens (including phenoxy) is 4. The molecule has 4 heterocycles. The van der Waals surface area contributed by atoms with Crippen molar-refractivity contribution < 1.29 is 39.1 Å². The first-order valence-electron chi connectivity index (χ1n) is 15.6. The van der Waals surface area contributed by atoms with E-state index in [-0.39, 0.29) is 54.1 Å². The van der Waals surface area contributed by atoms with Gasteiger partial charge >= 0.3 is 5.97 Å². The summed E-state index contributed by atoms with van der Waals surface area (Å²) in [5.74, 6) is -0.810. The number of thioether (sulfide) groups is 1. The molecule has 9 nitrogen and oxygen atoms in total. The topological polar surface area (TPSA) is 127 Å². The molecular weight excluding hydrogens is 546 g/mol. The fraction of sp³-hybridized carbons (Fsp3) is 0.871. The second kappa shape index (κ2) is 8.79. The summed E-state index contributed by atoms with van der Waals surface area (Å²) >= 11 is 1.60. The van der Waals surface area contributed by atoms with Gasteiger partial charge in [0.2, 0.25) is 6.29 Å². The minimum atomic E-state index is -1.66. The lowest BCUT2D eigenvalue weighted by Gasteiger charge is -2.66. The van der Waals surface area contributed by atoms with Crippen LogP contribution in [-0.4, -0.2) is 86.8 Å². The Hall–Kier alpha value is -1.01. The van der Waals surface area contributed by atoms with Crippen molar-refractivity contribution in [3.63, 3.8) is 0 Å². The van der Waals surface area contributed by atoms with Gasteiger partial charge in [-0.1, -0.05) is 13.8 Å². The molecule has 8 aliphatic rings. The molecule has 0 amide bonds. The van der Waals surface area contributed by atoms with Gasteiger partial charge in [0, 0.05) is 29.9 Å². The van der Waals surface area contributed by atoms with Gasteiger partial charge in [-0.25, -0.2) is 4.79 Å². The van der Waals surface area contributed by atoms with Crippen LogP contribution in [0.1, 0.15) is 72.1 Å². The molecule has 4 aliphatic carbocycles. The van der Waals surface area contributed by atoms with Crippen molar-refractivity contribution in [3.8, 4) is 0 Å².